The first kappa shape index (κ1) is 9.03. The van der Waals surface area contributed by atoms with Crippen molar-refractivity contribution in [3.63, 3.8) is 0 Å². The summed E-state index contributed by atoms with van der Waals surface area (Å²) in [5.41, 5.74) is 8.61. The van der Waals surface area contributed by atoms with Crippen LogP contribution in [0.25, 0.3) is 10.8 Å². The van der Waals surface area contributed by atoms with Gasteiger partial charge in [0.1, 0.15) is 0 Å². The Morgan fingerprint density at radius 1 is 1.21 bits per heavy atom. The molecule has 0 amide bonds. The summed E-state index contributed by atoms with van der Waals surface area (Å²) in [7, 11) is 0. The van der Waals surface area contributed by atoms with E-state index < -0.39 is 0 Å². The molecule has 0 spiro atoms. The molecule has 2 rings (SSSR count). The first-order valence-electron chi connectivity index (χ1n) is 4.61. The van der Waals surface area contributed by atoms with Gasteiger partial charge in [-0.05, 0) is 12.3 Å². The summed E-state index contributed by atoms with van der Waals surface area (Å²) in [4.78, 5) is 0. The smallest absolute Gasteiger partial charge is 0.0702 e. The summed E-state index contributed by atoms with van der Waals surface area (Å²) < 4.78 is 0. The van der Waals surface area contributed by atoms with Crippen LogP contribution in [0.3, 0.4) is 0 Å². The molecule has 2 heteroatoms. The molecule has 2 aromatic carbocycles. The van der Waals surface area contributed by atoms with Gasteiger partial charge in [0.15, 0.2) is 0 Å². The summed E-state index contributed by atoms with van der Waals surface area (Å²) in [6, 6.07) is 9.98. The van der Waals surface area contributed by atoms with E-state index in [1.807, 2.05) is 24.3 Å². The fourth-order valence-corrected chi connectivity index (χ4v) is 1.66. The van der Waals surface area contributed by atoms with E-state index in [9.17, 15) is 0 Å². The third kappa shape index (κ3) is 1.34. The van der Waals surface area contributed by atoms with Crippen molar-refractivity contribution in [3.05, 3.63) is 41.5 Å². The number of nitrogen functional groups attached to an aromatic ring is 1. The summed E-state index contributed by atoms with van der Waals surface area (Å²) in [6.07, 6.45) is 0. The van der Waals surface area contributed by atoms with Gasteiger partial charge in [-0.2, -0.15) is 0 Å². The normalized spacial score (nSPS) is 10.7. The zero-order valence-electron chi connectivity index (χ0n) is 8.12. The summed E-state index contributed by atoms with van der Waals surface area (Å²) in [5.74, 6) is 0. The molecule has 0 fully saturated rings. The van der Waals surface area contributed by atoms with E-state index >= 15 is 0 Å². The number of nitrogens with two attached hydrogens (primary N) is 1. The van der Waals surface area contributed by atoms with Gasteiger partial charge in [0.25, 0.3) is 0 Å². The third-order valence-electron chi connectivity index (χ3n) is 2.48. The lowest BCUT2D eigenvalue weighted by atomic mass is 10.0. The Morgan fingerprint density at radius 2 is 2.00 bits per heavy atom. The average Bonchev–Trinajstić information content (AvgIpc) is 2.18. The van der Waals surface area contributed by atoms with E-state index in [2.05, 4.69) is 13.0 Å². The van der Waals surface area contributed by atoms with Gasteiger partial charge in [0.05, 0.1) is 6.61 Å². The summed E-state index contributed by atoms with van der Waals surface area (Å²) in [6.45, 7) is 2.05. The second-order valence-electron chi connectivity index (χ2n) is 3.52. The molecule has 14 heavy (non-hydrogen) atoms. The molecule has 0 aliphatic rings. The number of hydrogen-bond donors (Lipinski definition) is 2. The number of hydrogen-bond acceptors (Lipinski definition) is 2. The Kier molecular flexibility index (Phi) is 2.14. The van der Waals surface area contributed by atoms with Gasteiger partial charge in [-0.3, -0.25) is 0 Å². The number of rotatable bonds is 1. The molecule has 0 radical (unpaired) electrons. The molecule has 72 valence electrons. The van der Waals surface area contributed by atoms with Crippen LogP contribution in [0.1, 0.15) is 11.1 Å². The van der Waals surface area contributed by atoms with Crippen molar-refractivity contribution in [1.29, 1.82) is 0 Å². The zero-order chi connectivity index (χ0) is 10.1. The summed E-state index contributed by atoms with van der Waals surface area (Å²) >= 11 is 0. The van der Waals surface area contributed by atoms with E-state index in [0.29, 0.717) is 5.69 Å². The Morgan fingerprint density at radius 3 is 2.71 bits per heavy atom. The van der Waals surface area contributed by atoms with Crippen molar-refractivity contribution >= 4 is 16.5 Å². The van der Waals surface area contributed by atoms with E-state index in [4.69, 9.17) is 10.8 Å². The van der Waals surface area contributed by atoms with Crippen molar-refractivity contribution in [2.24, 2.45) is 0 Å². The highest BCUT2D eigenvalue weighted by molar-refractivity contribution is 5.94. The van der Waals surface area contributed by atoms with Gasteiger partial charge >= 0.3 is 0 Å². The minimum atomic E-state index is -0.00432. The zero-order valence-corrected chi connectivity index (χ0v) is 8.12. The number of anilines is 1. The van der Waals surface area contributed by atoms with E-state index in [-0.39, 0.29) is 6.61 Å². The van der Waals surface area contributed by atoms with Crippen molar-refractivity contribution in [1.82, 2.24) is 0 Å². The topological polar surface area (TPSA) is 46.2 Å². The summed E-state index contributed by atoms with van der Waals surface area (Å²) in [5, 5.41) is 11.2. The minimum Gasteiger partial charge on any atom is -0.398 e. The number of aliphatic hydroxyl groups is 1. The third-order valence-corrected chi connectivity index (χ3v) is 2.48. The van der Waals surface area contributed by atoms with Crippen molar-refractivity contribution in [3.8, 4) is 0 Å². The van der Waals surface area contributed by atoms with Crippen LogP contribution >= 0.6 is 0 Å². The van der Waals surface area contributed by atoms with Crippen LogP contribution in [-0.2, 0) is 6.61 Å². The fourth-order valence-electron chi connectivity index (χ4n) is 1.66. The predicted octanol–water partition coefficient (Wildman–Crippen LogP) is 2.22. The van der Waals surface area contributed by atoms with Crippen molar-refractivity contribution in [2.75, 3.05) is 5.73 Å². The fraction of sp³-hybridized carbons (Fsp3) is 0.167. The van der Waals surface area contributed by atoms with Gasteiger partial charge in [0.2, 0.25) is 0 Å². The molecular formula is C12H13NO. The van der Waals surface area contributed by atoms with E-state index in [0.717, 1.165) is 16.3 Å². The number of aryl methyl sites for hydroxylation is 1. The molecule has 0 unspecified atom stereocenters. The Hall–Kier alpha value is -1.54. The van der Waals surface area contributed by atoms with Crippen molar-refractivity contribution in [2.45, 2.75) is 13.5 Å². The Bertz CT molecular complexity index is 477. The van der Waals surface area contributed by atoms with Crippen LogP contribution in [0.5, 0.6) is 0 Å². The van der Waals surface area contributed by atoms with Crippen LogP contribution in [0.15, 0.2) is 30.3 Å². The highest BCUT2D eigenvalue weighted by atomic mass is 16.3. The highest BCUT2D eigenvalue weighted by Gasteiger charge is 2.02. The van der Waals surface area contributed by atoms with Crippen LogP contribution in [0, 0.1) is 6.92 Å². The number of aliphatic hydroxyl groups excluding tert-OH is 1. The molecule has 0 aromatic heterocycles. The molecule has 3 N–H and O–H groups in total. The van der Waals surface area contributed by atoms with Crippen molar-refractivity contribution < 1.29 is 5.11 Å². The van der Waals surface area contributed by atoms with Crippen LogP contribution < -0.4 is 5.73 Å². The van der Waals surface area contributed by atoms with E-state index in [1.54, 1.807) is 0 Å². The molecule has 0 bridgehead atoms. The number of benzene rings is 2. The molecule has 0 saturated carbocycles. The molecule has 0 aliphatic heterocycles. The average molecular weight is 187 g/mol. The van der Waals surface area contributed by atoms with Gasteiger partial charge < -0.3 is 10.8 Å². The molecular weight excluding hydrogens is 174 g/mol. The molecule has 2 aromatic rings. The van der Waals surface area contributed by atoms with Crippen LogP contribution in [-0.4, -0.2) is 5.11 Å². The first-order chi connectivity index (χ1) is 6.72. The first-order valence-corrected chi connectivity index (χ1v) is 4.61. The van der Waals surface area contributed by atoms with E-state index in [1.165, 1.54) is 5.56 Å². The lowest BCUT2D eigenvalue weighted by Crippen LogP contribution is -1.95. The monoisotopic (exact) mass is 187 g/mol. The molecule has 0 saturated heterocycles. The maximum Gasteiger partial charge on any atom is 0.0702 e. The molecule has 0 heterocycles. The minimum absolute atomic E-state index is 0.00432. The number of fused-ring (bicyclic) bond motifs is 1. The highest BCUT2D eigenvalue weighted by Crippen LogP contribution is 2.25. The van der Waals surface area contributed by atoms with Gasteiger partial charge in [-0.15, -0.1) is 0 Å². The maximum absolute atomic E-state index is 9.05. The SMILES string of the molecule is Cc1ccc2c(N)c(CO)ccc2c1. The quantitative estimate of drug-likeness (QED) is 0.672. The van der Waals surface area contributed by atoms with Gasteiger partial charge in [-0.1, -0.05) is 35.9 Å². The Balaban J connectivity index is 2.77. The standard InChI is InChI=1S/C12H13NO/c1-8-2-5-11-9(6-8)3-4-10(7-14)12(11)13/h2-6,14H,7,13H2,1H3. The van der Waals surface area contributed by atoms with Gasteiger partial charge in [0, 0.05) is 16.6 Å². The van der Waals surface area contributed by atoms with Crippen LogP contribution in [0.2, 0.25) is 0 Å². The molecule has 0 aliphatic carbocycles. The van der Waals surface area contributed by atoms with Gasteiger partial charge in [-0.25, -0.2) is 0 Å². The lowest BCUT2D eigenvalue weighted by Gasteiger charge is -2.07. The van der Waals surface area contributed by atoms with Crippen LogP contribution in [0.4, 0.5) is 5.69 Å². The Labute approximate surface area is 83.0 Å². The second kappa shape index (κ2) is 3.31. The lowest BCUT2D eigenvalue weighted by molar-refractivity contribution is 0.282. The molecule has 0 atom stereocenters. The second-order valence-corrected chi connectivity index (χ2v) is 3.52. The predicted molar refractivity (Wildman–Crippen MR) is 59.0 cm³/mol. The molecule has 2 nitrogen and oxygen atoms in total. The largest absolute Gasteiger partial charge is 0.398 e. The maximum atomic E-state index is 9.05.